The molecule has 1 aromatic rings. The Morgan fingerprint density at radius 1 is 1.62 bits per heavy atom. The summed E-state index contributed by atoms with van der Waals surface area (Å²) in [5.41, 5.74) is 5.95. The van der Waals surface area contributed by atoms with Crippen LogP contribution in [0.1, 0.15) is 22.7 Å². The van der Waals surface area contributed by atoms with Crippen LogP contribution in [0.4, 0.5) is 0 Å². The fraction of sp³-hybridized carbons (Fsp3) is 0.727. The molecule has 0 fully saturated rings. The summed E-state index contributed by atoms with van der Waals surface area (Å²) in [4.78, 5) is 5.53. The quantitative estimate of drug-likeness (QED) is 0.676. The second-order valence-corrected chi connectivity index (χ2v) is 5.21. The number of nitrogens with zero attached hydrogens (tertiary/aromatic N) is 1. The van der Waals surface area contributed by atoms with Crippen LogP contribution >= 0.6 is 11.3 Å². The first-order valence-electron chi connectivity index (χ1n) is 5.59. The summed E-state index contributed by atoms with van der Waals surface area (Å²) >= 11 is 1.73. The van der Waals surface area contributed by atoms with Crippen LogP contribution in [-0.2, 0) is 11.3 Å². The first-order chi connectivity index (χ1) is 7.72. The van der Waals surface area contributed by atoms with Gasteiger partial charge in [-0.25, -0.2) is 4.98 Å². The highest BCUT2D eigenvalue weighted by molar-refractivity contribution is 7.11. The SMILES string of the molecule is COCCCC(N)CNCc1ncc(C)s1. The second-order valence-electron chi connectivity index (χ2n) is 3.89. The molecule has 0 spiro atoms. The van der Waals surface area contributed by atoms with Crippen LogP contribution < -0.4 is 11.1 Å². The van der Waals surface area contributed by atoms with E-state index >= 15 is 0 Å². The Kier molecular flexibility index (Phi) is 6.56. The Balaban J connectivity index is 2.06. The molecule has 92 valence electrons. The molecule has 3 N–H and O–H groups in total. The molecule has 0 radical (unpaired) electrons. The van der Waals surface area contributed by atoms with Gasteiger partial charge in [-0.2, -0.15) is 0 Å². The molecule has 0 aromatic carbocycles. The van der Waals surface area contributed by atoms with Gasteiger partial charge in [0.05, 0.1) is 0 Å². The van der Waals surface area contributed by atoms with Crippen LogP contribution in [0, 0.1) is 6.92 Å². The molecule has 1 rings (SSSR count). The van der Waals surface area contributed by atoms with Crippen molar-refractivity contribution < 1.29 is 4.74 Å². The Morgan fingerprint density at radius 3 is 3.06 bits per heavy atom. The minimum atomic E-state index is 0.205. The van der Waals surface area contributed by atoms with Gasteiger partial charge in [-0.3, -0.25) is 0 Å². The number of methoxy groups -OCH3 is 1. The van der Waals surface area contributed by atoms with Crippen LogP contribution in [0.25, 0.3) is 0 Å². The van der Waals surface area contributed by atoms with E-state index in [9.17, 15) is 0 Å². The van der Waals surface area contributed by atoms with Gasteiger partial charge in [0.1, 0.15) is 5.01 Å². The van der Waals surface area contributed by atoms with E-state index in [2.05, 4.69) is 17.2 Å². The van der Waals surface area contributed by atoms with E-state index in [-0.39, 0.29) is 6.04 Å². The maximum Gasteiger partial charge on any atom is 0.107 e. The van der Waals surface area contributed by atoms with Gasteiger partial charge in [0.25, 0.3) is 0 Å². The van der Waals surface area contributed by atoms with Crippen LogP contribution in [0.2, 0.25) is 0 Å². The van der Waals surface area contributed by atoms with Crippen molar-refractivity contribution in [2.45, 2.75) is 32.4 Å². The van der Waals surface area contributed by atoms with E-state index in [1.54, 1.807) is 18.4 Å². The number of ether oxygens (including phenoxy) is 1. The smallest absolute Gasteiger partial charge is 0.107 e. The number of rotatable bonds is 8. The van der Waals surface area contributed by atoms with E-state index in [0.717, 1.165) is 37.5 Å². The van der Waals surface area contributed by atoms with Gasteiger partial charge in [-0.1, -0.05) is 0 Å². The van der Waals surface area contributed by atoms with E-state index in [4.69, 9.17) is 10.5 Å². The lowest BCUT2D eigenvalue weighted by atomic mass is 10.2. The molecule has 0 aliphatic carbocycles. The first kappa shape index (κ1) is 13.6. The zero-order valence-electron chi connectivity index (χ0n) is 10.0. The maximum atomic E-state index is 5.95. The molecule has 0 saturated carbocycles. The molecule has 1 aromatic heterocycles. The lowest BCUT2D eigenvalue weighted by molar-refractivity contribution is 0.190. The van der Waals surface area contributed by atoms with E-state index in [1.165, 1.54) is 4.88 Å². The molecular weight excluding hydrogens is 222 g/mol. The lowest BCUT2D eigenvalue weighted by Gasteiger charge is -2.11. The highest BCUT2D eigenvalue weighted by Gasteiger charge is 2.03. The van der Waals surface area contributed by atoms with Gasteiger partial charge in [0.2, 0.25) is 0 Å². The molecule has 0 aliphatic heterocycles. The number of nitrogens with two attached hydrogens (primary N) is 1. The number of nitrogens with one attached hydrogen (secondary N) is 1. The summed E-state index contributed by atoms with van der Waals surface area (Å²) in [5.74, 6) is 0. The monoisotopic (exact) mass is 243 g/mol. The van der Waals surface area contributed by atoms with Crippen molar-refractivity contribution in [2.24, 2.45) is 5.73 Å². The topological polar surface area (TPSA) is 60.2 Å². The zero-order valence-corrected chi connectivity index (χ0v) is 10.8. The lowest BCUT2D eigenvalue weighted by Crippen LogP contribution is -2.33. The van der Waals surface area contributed by atoms with Gasteiger partial charge >= 0.3 is 0 Å². The normalized spacial score (nSPS) is 12.9. The summed E-state index contributed by atoms with van der Waals surface area (Å²) in [5, 5.41) is 4.45. The predicted molar refractivity (Wildman–Crippen MR) is 67.6 cm³/mol. The zero-order chi connectivity index (χ0) is 11.8. The Bertz CT molecular complexity index is 291. The fourth-order valence-corrected chi connectivity index (χ4v) is 2.20. The Hall–Kier alpha value is -0.490. The average molecular weight is 243 g/mol. The minimum absolute atomic E-state index is 0.205. The summed E-state index contributed by atoms with van der Waals surface area (Å²) in [6.07, 6.45) is 3.92. The fourth-order valence-electron chi connectivity index (χ4n) is 1.44. The number of thiazole rings is 1. The number of aryl methyl sites for hydroxylation is 1. The van der Waals surface area contributed by atoms with Gasteiger partial charge in [0.15, 0.2) is 0 Å². The number of hydrogen-bond acceptors (Lipinski definition) is 5. The Morgan fingerprint density at radius 2 is 2.44 bits per heavy atom. The first-order valence-corrected chi connectivity index (χ1v) is 6.40. The van der Waals surface area contributed by atoms with Crippen LogP contribution in [-0.4, -0.2) is 31.3 Å². The molecular formula is C11H21N3OS. The molecule has 4 nitrogen and oxygen atoms in total. The van der Waals surface area contributed by atoms with Crippen molar-refractivity contribution in [2.75, 3.05) is 20.3 Å². The molecule has 1 atom stereocenters. The third-order valence-electron chi connectivity index (χ3n) is 2.28. The van der Waals surface area contributed by atoms with E-state index in [0.29, 0.717) is 0 Å². The Labute approximate surface area is 101 Å². The van der Waals surface area contributed by atoms with Crippen molar-refractivity contribution in [3.63, 3.8) is 0 Å². The molecule has 16 heavy (non-hydrogen) atoms. The van der Waals surface area contributed by atoms with Gasteiger partial charge < -0.3 is 15.8 Å². The van der Waals surface area contributed by atoms with E-state index < -0.39 is 0 Å². The molecule has 0 bridgehead atoms. The van der Waals surface area contributed by atoms with Crippen molar-refractivity contribution in [3.05, 3.63) is 16.1 Å². The molecule has 0 saturated heterocycles. The molecule has 1 unspecified atom stereocenters. The summed E-state index contributed by atoms with van der Waals surface area (Å²) in [6.45, 7) is 4.51. The summed E-state index contributed by atoms with van der Waals surface area (Å²) in [7, 11) is 1.72. The second kappa shape index (κ2) is 7.73. The highest BCUT2D eigenvalue weighted by Crippen LogP contribution is 2.10. The summed E-state index contributed by atoms with van der Waals surface area (Å²) in [6, 6.07) is 0.205. The number of hydrogen-bond donors (Lipinski definition) is 2. The molecule has 0 aliphatic rings. The third kappa shape index (κ3) is 5.55. The predicted octanol–water partition coefficient (Wildman–Crippen LogP) is 1.30. The minimum Gasteiger partial charge on any atom is -0.385 e. The molecule has 1 heterocycles. The average Bonchev–Trinajstić information content (AvgIpc) is 2.65. The molecule has 5 heteroatoms. The van der Waals surface area contributed by atoms with Crippen LogP contribution in [0.3, 0.4) is 0 Å². The van der Waals surface area contributed by atoms with Crippen molar-refractivity contribution in [1.29, 1.82) is 0 Å². The van der Waals surface area contributed by atoms with Crippen molar-refractivity contribution >= 4 is 11.3 Å². The third-order valence-corrected chi connectivity index (χ3v) is 3.19. The number of aromatic nitrogens is 1. The largest absolute Gasteiger partial charge is 0.385 e. The van der Waals surface area contributed by atoms with Crippen LogP contribution in [0.5, 0.6) is 0 Å². The van der Waals surface area contributed by atoms with E-state index in [1.807, 2.05) is 6.20 Å². The maximum absolute atomic E-state index is 5.95. The van der Waals surface area contributed by atoms with Crippen LogP contribution in [0.15, 0.2) is 6.20 Å². The summed E-state index contributed by atoms with van der Waals surface area (Å²) < 4.78 is 4.98. The molecule has 0 amide bonds. The highest BCUT2D eigenvalue weighted by atomic mass is 32.1. The van der Waals surface area contributed by atoms with Crippen molar-refractivity contribution in [1.82, 2.24) is 10.3 Å². The van der Waals surface area contributed by atoms with Crippen molar-refractivity contribution in [3.8, 4) is 0 Å². The van der Waals surface area contributed by atoms with Gasteiger partial charge in [-0.05, 0) is 19.8 Å². The van der Waals surface area contributed by atoms with Gasteiger partial charge in [0, 0.05) is 43.9 Å². The van der Waals surface area contributed by atoms with Gasteiger partial charge in [-0.15, -0.1) is 11.3 Å². The standard InChI is InChI=1S/C11H21N3OS/c1-9-6-14-11(16-9)8-13-7-10(12)4-3-5-15-2/h6,10,13H,3-5,7-8,12H2,1-2H3.